The summed E-state index contributed by atoms with van der Waals surface area (Å²) in [6, 6.07) is 8.43. The minimum Gasteiger partial charge on any atom is -0.348 e. The molecule has 144 valence electrons. The van der Waals surface area contributed by atoms with Crippen molar-refractivity contribution in [2.75, 3.05) is 6.54 Å². The molecule has 1 fully saturated rings. The Bertz CT molecular complexity index is 913. The molecule has 2 heterocycles. The molecule has 1 aliphatic rings. The lowest BCUT2D eigenvalue weighted by atomic mass is 10.1. The first-order valence-corrected chi connectivity index (χ1v) is 10.6. The molecular weight excluding hydrogens is 362 g/mol. The Balaban J connectivity index is 1.82. The Morgan fingerprint density at radius 1 is 1.30 bits per heavy atom. The number of carbonyl (C=O) groups excluding carboxylic acids is 1. The van der Waals surface area contributed by atoms with Gasteiger partial charge >= 0.3 is 0 Å². The molecule has 0 spiro atoms. The molecule has 0 radical (unpaired) electrons. The Labute approximate surface area is 160 Å². The van der Waals surface area contributed by atoms with Gasteiger partial charge in [-0.3, -0.25) is 9.78 Å². The maximum Gasteiger partial charge on any atom is 0.251 e. The molecule has 2 aromatic rings. The number of sulfonamides is 1. The van der Waals surface area contributed by atoms with E-state index in [2.05, 4.69) is 10.3 Å². The number of carbonyl (C=O) groups is 1. The molecule has 6 nitrogen and oxygen atoms in total. The highest BCUT2D eigenvalue weighted by Gasteiger charge is 2.31. The zero-order chi connectivity index (χ0) is 19.4. The highest BCUT2D eigenvalue weighted by Crippen LogP contribution is 2.26. The summed E-state index contributed by atoms with van der Waals surface area (Å²) in [5, 5.41) is 2.84. The van der Waals surface area contributed by atoms with E-state index < -0.39 is 10.0 Å². The number of hydrogen-bond acceptors (Lipinski definition) is 4. The summed E-state index contributed by atoms with van der Waals surface area (Å²) in [5.41, 5.74) is 2.00. The number of nitrogens with one attached hydrogen (secondary N) is 1. The van der Waals surface area contributed by atoms with Crippen LogP contribution in [0.2, 0.25) is 0 Å². The van der Waals surface area contributed by atoms with Crippen molar-refractivity contribution in [3.63, 3.8) is 0 Å². The highest BCUT2D eigenvalue weighted by molar-refractivity contribution is 7.89. The predicted octanol–water partition coefficient (Wildman–Crippen LogP) is 2.88. The molecule has 1 amide bonds. The molecule has 1 N–H and O–H groups in total. The normalized spacial score (nSPS) is 18.2. The number of rotatable bonds is 5. The number of benzene rings is 1. The smallest absolute Gasteiger partial charge is 0.251 e. The van der Waals surface area contributed by atoms with E-state index in [0.29, 0.717) is 18.7 Å². The van der Waals surface area contributed by atoms with Crippen LogP contribution in [0.5, 0.6) is 0 Å². The third kappa shape index (κ3) is 4.36. The van der Waals surface area contributed by atoms with Crippen molar-refractivity contribution in [2.45, 2.75) is 50.6 Å². The first-order valence-electron chi connectivity index (χ1n) is 9.19. The van der Waals surface area contributed by atoms with Crippen molar-refractivity contribution >= 4 is 15.9 Å². The average Bonchev–Trinajstić information content (AvgIpc) is 2.67. The maximum atomic E-state index is 13.0. The molecule has 1 aliphatic heterocycles. The third-order valence-electron chi connectivity index (χ3n) is 4.98. The van der Waals surface area contributed by atoms with E-state index in [1.807, 2.05) is 13.0 Å². The van der Waals surface area contributed by atoms with Crippen LogP contribution in [0.4, 0.5) is 0 Å². The molecule has 0 saturated carbocycles. The quantitative estimate of drug-likeness (QED) is 0.856. The molecule has 1 unspecified atom stereocenters. The van der Waals surface area contributed by atoms with Gasteiger partial charge in [0.2, 0.25) is 10.0 Å². The van der Waals surface area contributed by atoms with Gasteiger partial charge in [0.25, 0.3) is 5.91 Å². The van der Waals surface area contributed by atoms with Gasteiger partial charge < -0.3 is 5.32 Å². The van der Waals surface area contributed by atoms with Crippen LogP contribution in [-0.4, -0.2) is 36.2 Å². The van der Waals surface area contributed by atoms with Gasteiger partial charge in [-0.2, -0.15) is 4.31 Å². The second-order valence-corrected chi connectivity index (χ2v) is 8.87. The van der Waals surface area contributed by atoms with E-state index in [0.717, 1.165) is 30.4 Å². The van der Waals surface area contributed by atoms with Gasteiger partial charge in [0.15, 0.2) is 0 Å². The summed E-state index contributed by atoms with van der Waals surface area (Å²) in [4.78, 5) is 16.8. The fourth-order valence-corrected chi connectivity index (χ4v) is 5.08. The summed E-state index contributed by atoms with van der Waals surface area (Å²) in [5.74, 6) is -0.292. The SMILES string of the molecule is Cc1ccc(S(=O)(=O)N2CCCCC2C)cc1C(=O)NCc1cccnc1. The van der Waals surface area contributed by atoms with E-state index in [1.165, 1.54) is 6.07 Å². The lowest BCUT2D eigenvalue weighted by molar-refractivity contribution is 0.0950. The van der Waals surface area contributed by atoms with Crippen LogP contribution in [0, 0.1) is 6.92 Å². The Morgan fingerprint density at radius 3 is 2.81 bits per heavy atom. The zero-order valence-corrected chi connectivity index (χ0v) is 16.5. The topological polar surface area (TPSA) is 79.4 Å². The van der Waals surface area contributed by atoms with Gasteiger partial charge in [0, 0.05) is 37.1 Å². The van der Waals surface area contributed by atoms with Crippen molar-refractivity contribution in [1.29, 1.82) is 0 Å². The van der Waals surface area contributed by atoms with Crippen LogP contribution in [0.25, 0.3) is 0 Å². The van der Waals surface area contributed by atoms with Crippen LogP contribution >= 0.6 is 0 Å². The van der Waals surface area contributed by atoms with Crippen LogP contribution in [-0.2, 0) is 16.6 Å². The summed E-state index contributed by atoms with van der Waals surface area (Å²) in [6.07, 6.45) is 6.14. The lowest BCUT2D eigenvalue weighted by Crippen LogP contribution is -2.42. The van der Waals surface area contributed by atoms with Crippen LogP contribution in [0.3, 0.4) is 0 Å². The molecule has 3 rings (SSSR count). The number of aromatic nitrogens is 1. The number of piperidine rings is 1. The Hall–Kier alpha value is -2.25. The molecule has 1 aromatic carbocycles. The second-order valence-electron chi connectivity index (χ2n) is 6.98. The van der Waals surface area contributed by atoms with Crippen molar-refractivity contribution in [2.24, 2.45) is 0 Å². The van der Waals surface area contributed by atoms with Crippen molar-refractivity contribution in [1.82, 2.24) is 14.6 Å². The molecular formula is C20H25N3O3S. The monoisotopic (exact) mass is 387 g/mol. The maximum absolute atomic E-state index is 13.0. The Kier molecular flexibility index (Phi) is 5.92. The third-order valence-corrected chi connectivity index (χ3v) is 6.99. The molecule has 0 bridgehead atoms. The molecule has 27 heavy (non-hydrogen) atoms. The van der Waals surface area contributed by atoms with E-state index in [4.69, 9.17) is 0 Å². The van der Waals surface area contributed by atoms with Gasteiger partial charge in [0.05, 0.1) is 4.90 Å². The van der Waals surface area contributed by atoms with Gasteiger partial charge in [-0.25, -0.2) is 8.42 Å². The van der Waals surface area contributed by atoms with Crippen molar-refractivity contribution in [3.05, 3.63) is 59.4 Å². The minimum atomic E-state index is -3.61. The predicted molar refractivity (Wildman–Crippen MR) is 104 cm³/mol. The van der Waals surface area contributed by atoms with E-state index >= 15 is 0 Å². The fourth-order valence-electron chi connectivity index (χ4n) is 3.35. The van der Waals surface area contributed by atoms with Gasteiger partial charge in [-0.05, 0) is 56.0 Å². The van der Waals surface area contributed by atoms with Crippen LogP contribution in [0.15, 0.2) is 47.6 Å². The first kappa shape index (κ1) is 19.5. The van der Waals surface area contributed by atoms with Crippen LogP contribution in [0.1, 0.15) is 47.7 Å². The molecule has 1 saturated heterocycles. The largest absolute Gasteiger partial charge is 0.348 e. The summed E-state index contributed by atoms with van der Waals surface area (Å²) in [7, 11) is -3.61. The number of nitrogens with zero attached hydrogens (tertiary/aromatic N) is 2. The summed E-state index contributed by atoms with van der Waals surface area (Å²) >= 11 is 0. The van der Waals surface area contributed by atoms with E-state index in [9.17, 15) is 13.2 Å². The first-order chi connectivity index (χ1) is 12.9. The second kappa shape index (κ2) is 8.19. The fraction of sp³-hybridized carbons (Fsp3) is 0.400. The van der Waals surface area contributed by atoms with E-state index in [-0.39, 0.29) is 16.8 Å². The number of amides is 1. The highest BCUT2D eigenvalue weighted by atomic mass is 32.2. The van der Waals surface area contributed by atoms with Crippen LogP contribution < -0.4 is 5.32 Å². The minimum absolute atomic E-state index is 0.0205. The van der Waals surface area contributed by atoms with E-state index in [1.54, 1.807) is 41.8 Å². The number of hydrogen-bond donors (Lipinski definition) is 1. The zero-order valence-electron chi connectivity index (χ0n) is 15.7. The van der Waals surface area contributed by atoms with Crippen molar-refractivity contribution < 1.29 is 13.2 Å². The average molecular weight is 388 g/mol. The van der Waals surface area contributed by atoms with Crippen molar-refractivity contribution in [3.8, 4) is 0 Å². The van der Waals surface area contributed by atoms with Gasteiger partial charge in [-0.1, -0.05) is 18.6 Å². The molecule has 1 atom stereocenters. The molecule has 1 aromatic heterocycles. The van der Waals surface area contributed by atoms with Gasteiger partial charge in [-0.15, -0.1) is 0 Å². The lowest BCUT2D eigenvalue weighted by Gasteiger charge is -2.32. The summed E-state index contributed by atoms with van der Waals surface area (Å²) < 4.78 is 27.7. The number of aryl methyl sites for hydroxylation is 1. The molecule has 0 aliphatic carbocycles. The standard InChI is InChI=1S/C20H25N3O3S/c1-15-8-9-18(27(25,26)23-11-4-3-6-16(23)2)12-19(15)20(24)22-14-17-7-5-10-21-13-17/h5,7-10,12-13,16H,3-4,6,11,14H2,1-2H3,(H,22,24). The molecule has 7 heteroatoms. The Morgan fingerprint density at radius 2 is 2.11 bits per heavy atom. The number of pyridine rings is 1. The summed E-state index contributed by atoms with van der Waals surface area (Å²) in [6.45, 7) is 4.61. The van der Waals surface area contributed by atoms with Gasteiger partial charge in [0.1, 0.15) is 0 Å².